The predicted octanol–water partition coefficient (Wildman–Crippen LogP) is 1.76. The Morgan fingerprint density at radius 3 is 2.62 bits per heavy atom. The average Bonchev–Trinajstić information content (AvgIpc) is 2.57. The molecule has 0 amide bonds. The molecule has 0 saturated heterocycles. The van der Waals surface area contributed by atoms with Crippen LogP contribution in [0.3, 0.4) is 0 Å². The molecule has 1 fully saturated rings. The van der Waals surface area contributed by atoms with Crippen molar-refractivity contribution in [3.63, 3.8) is 0 Å². The molecule has 2 N–H and O–H groups in total. The van der Waals surface area contributed by atoms with Crippen LogP contribution in [0.25, 0.3) is 0 Å². The minimum absolute atomic E-state index is 0.617. The van der Waals surface area contributed by atoms with Gasteiger partial charge in [0, 0.05) is 12.6 Å². The Morgan fingerprint density at radius 2 is 2.00 bits per heavy atom. The summed E-state index contributed by atoms with van der Waals surface area (Å²) >= 11 is 0. The van der Waals surface area contributed by atoms with Crippen molar-refractivity contribution in [3.8, 4) is 0 Å². The third-order valence-corrected chi connectivity index (χ3v) is 3.03. The number of likely N-dealkylation sites (N-methyl/N-ethyl adjacent to an activating group) is 1. The van der Waals surface area contributed by atoms with Crippen LogP contribution < -0.4 is 10.6 Å². The maximum Gasteiger partial charge on any atom is 0.0164 e. The molecule has 0 bridgehead atoms. The zero-order valence-corrected chi connectivity index (χ0v) is 9.10. The normalized spacial score (nSPS) is 20.8. The summed E-state index contributed by atoms with van der Waals surface area (Å²) in [6, 6.07) is 0.617. The first-order valence-electron chi connectivity index (χ1n) is 5.71. The van der Waals surface area contributed by atoms with E-state index in [1.54, 1.807) is 0 Å². The minimum atomic E-state index is 0.617. The Bertz CT molecular complexity index is 119. The summed E-state index contributed by atoms with van der Waals surface area (Å²) in [5.41, 5.74) is 0. The van der Waals surface area contributed by atoms with Gasteiger partial charge >= 0.3 is 0 Å². The van der Waals surface area contributed by atoms with Gasteiger partial charge in [-0.25, -0.2) is 0 Å². The van der Waals surface area contributed by atoms with Gasteiger partial charge in [-0.2, -0.15) is 0 Å². The lowest BCUT2D eigenvalue weighted by atomic mass is 10.0. The highest BCUT2D eigenvalue weighted by Gasteiger charge is 2.14. The van der Waals surface area contributed by atoms with Crippen LogP contribution in [0.4, 0.5) is 0 Å². The molecule has 1 aliphatic carbocycles. The fraction of sp³-hybridized carbons (Fsp3) is 1.00. The van der Waals surface area contributed by atoms with E-state index in [0.29, 0.717) is 6.04 Å². The van der Waals surface area contributed by atoms with Crippen LogP contribution in [0.15, 0.2) is 0 Å². The van der Waals surface area contributed by atoms with E-state index in [2.05, 4.69) is 17.6 Å². The van der Waals surface area contributed by atoms with Gasteiger partial charge in [-0.05, 0) is 32.9 Å². The second-order valence-corrected chi connectivity index (χ2v) is 4.35. The molecule has 0 radical (unpaired) electrons. The quantitative estimate of drug-likeness (QED) is 0.657. The molecule has 0 aromatic carbocycles. The van der Waals surface area contributed by atoms with Crippen molar-refractivity contribution in [3.05, 3.63) is 0 Å². The largest absolute Gasteiger partial charge is 0.318 e. The molecule has 2 heteroatoms. The van der Waals surface area contributed by atoms with E-state index in [4.69, 9.17) is 0 Å². The lowest BCUT2D eigenvalue weighted by Crippen LogP contribution is -2.35. The van der Waals surface area contributed by atoms with Crippen molar-refractivity contribution in [2.24, 2.45) is 5.92 Å². The van der Waals surface area contributed by atoms with E-state index in [-0.39, 0.29) is 0 Å². The molecule has 1 saturated carbocycles. The molecular formula is C11H24N2. The van der Waals surface area contributed by atoms with E-state index in [1.165, 1.54) is 38.6 Å². The summed E-state index contributed by atoms with van der Waals surface area (Å²) < 4.78 is 0. The number of nitrogens with one attached hydrogen (secondary N) is 2. The molecule has 13 heavy (non-hydrogen) atoms. The van der Waals surface area contributed by atoms with Crippen LogP contribution in [0, 0.1) is 5.92 Å². The van der Waals surface area contributed by atoms with Crippen LogP contribution in [0.1, 0.15) is 39.0 Å². The zero-order chi connectivity index (χ0) is 9.52. The highest BCUT2D eigenvalue weighted by Crippen LogP contribution is 2.26. The van der Waals surface area contributed by atoms with Crippen molar-refractivity contribution in [1.29, 1.82) is 0 Å². The minimum Gasteiger partial charge on any atom is -0.318 e. The van der Waals surface area contributed by atoms with E-state index in [0.717, 1.165) is 12.5 Å². The Labute approximate surface area is 82.5 Å². The first-order chi connectivity index (χ1) is 6.33. The summed E-state index contributed by atoms with van der Waals surface area (Å²) in [6.45, 7) is 4.52. The summed E-state index contributed by atoms with van der Waals surface area (Å²) in [5, 5.41) is 6.73. The molecule has 78 valence electrons. The maximum atomic E-state index is 3.55. The SMILES string of the molecule is CNCC(C)NCCC1CCCC1. The molecule has 1 rings (SSSR count). The smallest absolute Gasteiger partial charge is 0.0164 e. The second kappa shape index (κ2) is 6.39. The first kappa shape index (κ1) is 11.0. The summed E-state index contributed by atoms with van der Waals surface area (Å²) in [4.78, 5) is 0. The molecule has 1 aliphatic rings. The fourth-order valence-electron chi connectivity index (χ4n) is 2.21. The van der Waals surface area contributed by atoms with Crippen molar-refractivity contribution in [2.45, 2.75) is 45.1 Å². The zero-order valence-electron chi connectivity index (χ0n) is 9.10. The van der Waals surface area contributed by atoms with Crippen LogP contribution in [-0.2, 0) is 0 Å². The predicted molar refractivity (Wildman–Crippen MR) is 58.0 cm³/mol. The van der Waals surface area contributed by atoms with Gasteiger partial charge in [0.25, 0.3) is 0 Å². The molecule has 2 nitrogen and oxygen atoms in total. The van der Waals surface area contributed by atoms with E-state index < -0.39 is 0 Å². The van der Waals surface area contributed by atoms with Crippen LogP contribution in [-0.4, -0.2) is 26.2 Å². The standard InChI is InChI=1S/C11H24N2/c1-10(9-12-2)13-8-7-11-5-3-4-6-11/h10-13H,3-9H2,1-2H3. The lowest BCUT2D eigenvalue weighted by molar-refractivity contribution is 0.443. The number of hydrogen-bond donors (Lipinski definition) is 2. The van der Waals surface area contributed by atoms with Crippen LogP contribution in [0.2, 0.25) is 0 Å². The molecule has 0 aromatic heterocycles. The van der Waals surface area contributed by atoms with Gasteiger partial charge in [0.05, 0.1) is 0 Å². The van der Waals surface area contributed by atoms with Gasteiger partial charge < -0.3 is 10.6 Å². The highest BCUT2D eigenvalue weighted by atomic mass is 15.0. The lowest BCUT2D eigenvalue weighted by Gasteiger charge is -2.15. The molecule has 0 spiro atoms. The first-order valence-corrected chi connectivity index (χ1v) is 5.71. The van der Waals surface area contributed by atoms with Crippen LogP contribution >= 0.6 is 0 Å². The topological polar surface area (TPSA) is 24.1 Å². The Balaban J connectivity index is 1.93. The fourth-order valence-corrected chi connectivity index (χ4v) is 2.21. The van der Waals surface area contributed by atoms with Crippen LogP contribution in [0.5, 0.6) is 0 Å². The van der Waals surface area contributed by atoms with Gasteiger partial charge in [-0.1, -0.05) is 25.7 Å². The van der Waals surface area contributed by atoms with Crippen molar-refractivity contribution in [2.75, 3.05) is 20.1 Å². The van der Waals surface area contributed by atoms with Gasteiger partial charge in [-0.15, -0.1) is 0 Å². The molecular weight excluding hydrogens is 160 g/mol. The maximum absolute atomic E-state index is 3.55. The molecule has 1 atom stereocenters. The molecule has 0 aromatic rings. The van der Waals surface area contributed by atoms with Gasteiger partial charge in [0.1, 0.15) is 0 Å². The van der Waals surface area contributed by atoms with Gasteiger partial charge in [0.2, 0.25) is 0 Å². The van der Waals surface area contributed by atoms with E-state index >= 15 is 0 Å². The van der Waals surface area contributed by atoms with E-state index in [1.807, 2.05) is 7.05 Å². The summed E-state index contributed by atoms with van der Waals surface area (Å²) in [6.07, 6.45) is 7.27. The van der Waals surface area contributed by atoms with Crippen molar-refractivity contribution in [1.82, 2.24) is 10.6 Å². The highest BCUT2D eigenvalue weighted by molar-refractivity contribution is 4.70. The second-order valence-electron chi connectivity index (χ2n) is 4.35. The van der Waals surface area contributed by atoms with E-state index in [9.17, 15) is 0 Å². The monoisotopic (exact) mass is 184 g/mol. The van der Waals surface area contributed by atoms with Gasteiger partial charge in [-0.3, -0.25) is 0 Å². The molecule has 0 heterocycles. The van der Waals surface area contributed by atoms with Crippen molar-refractivity contribution < 1.29 is 0 Å². The average molecular weight is 184 g/mol. The summed E-state index contributed by atoms with van der Waals surface area (Å²) in [5.74, 6) is 1.02. The third kappa shape index (κ3) is 4.63. The summed E-state index contributed by atoms with van der Waals surface area (Å²) in [7, 11) is 2.01. The van der Waals surface area contributed by atoms with Crippen molar-refractivity contribution >= 4 is 0 Å². The number of rotatable bonds is 6. The number of hydrogen-bond acceptors (Lipinski definition) is 2. The van der Waals surface area contributed by atoms with Gasteiger partial charge in [0.15, 0.2) is 0 Å². The molecule has 1 unspecified atom stereocenters. The Morgan fingerprint density at radius 1 is 1.31 bits per heavy atom. The molecule has 0 aliphatic heterocycles. The third-order valence-electron chi connectivity index (χ3n) is 3.03. The Kier molecular flexibility index (Phi) is 5.40. The Hall–Kier alpha value is -0.0800.